The highest BCUT2D eigenvalue weighted by Gasteiger charge is 2.54. The van der Waals surface area contributed by atoms with Crippen LogP contribution in [0.4, 0.5) is 16.2 Å². The molecule has 11 heteroatoms. The lowest BCUT2D eigenvalue weighted by Crippen LogP contribution is -2.73. The van der Waals surface area contributed by atoms with Crippen molar-refractivity contribution in [3.05, 3.63) is 58.3 Å². The SMILES string of the molecule is N#Cc1nc(N2CC3(C2)CN(c2nnc4n2-c2ccc(Cl)cc2CN(C2(C#N)CC2)C4)C3)ccc1F. The summed E-state index contributed by atoms with van der Waals surface area (Å²) in [7, 11) is 0. The topological polar surface area (TPSA) is 101 Å². The van der Waals surface area contributed by atoms with Crippen LogP contribution in [0.3, 0.4) is 0 Å². The molecule has 4 aliphatic rings. The number of pyridine rings is 1. The Bertz CT molecular complexity index is 1480. The Hall–Kier alpha value is -3.73. The highest BCUT2D eigenvalue weighted by molar-refractivity contribution is 6.30. The van der Waals surface area contributed by atoms with Crippen LogP contribution in [0, 0.1) is 33.9 Å². The fourth-order valence-electron chi connectivity index (χ4n) is 5.83. The number of halogens is 2. The highest BCUT2D eigenvalue weighted by Crippen LogP contribution is 2.46. The van der Waals surface area contributed by atoms with Crippen molar-refractivity contribution in [1.29, 1.82) is 10.5 Å². The molecule has 5 heterocycles. The molecule has 0 N–H and O–H groups in total. The molecule has 36 heavy (non-hydrogen) atoms. The van der Waals surface area contributed by atoms with Crippen LogP contribution in [-0.2, 0) is 13.1 Å². The van der Waals surface area contributed by atoms with E-state index >= 15 is 0 Å². The number of aromatic nitrogens is 4. The molecule has 0 bridgehead atoms. The van der Waals surface area contributed by atoms with E-state index in [0.717, 1.165) is 62.0 Å². The lowest BCUT2D eigenvalue weighted by molar-refractivity contribution is 0.153. The van der Waals surface area contributed by atoms with Gasteiger partial charge in [0.25, 0.3) is 0 Å². The molecule has 0 unspecified atom stereocenters. The lowest BCUT2D eigenvalue weighted by atomic mass is 9.73. The monoisotopic (exact) mass is 501 g/mol. The standard InChI is InChI=1S/C25H21ClFN9/c26-17-1-3-20-16(7-17)9-35(25(11-29)5-6-25)10-22-31-32-23(36(20)22)34-14-24(15-34)12-33(13-24)21-4-2-18(27)19(8-28)30-21/h1-4,7H,5-6,9-10,12-15H2. The van der Waals surface area contributed by atoms with E-state index < -0.39 is 11.4 Å². The van der Waals surface area contributed by atoms with Crippen LogP contribution < -0.4 is 9.80 Å². The molecule has 9 nitrogen and oxygen atoms in total. The van der Waals surface area contributed by atoms with Gasteiger partial charge in [-0.2, -0.15) is 10.5 Å². The summed E-state index contributed by atoms with van der Waals surface area (Å²) in [5.74, 6) is 1.66. The fraction of sp³-hybridized carbons (Fsp3) is 0.400. The van der Waals surface area contributed by atoms with Gasteiger partial charge in [-0.3, -0.25) is 9.47 Å². The predicted octanol–water partition coefficient (Wildman–Crippen LogP) is 3.02. The summed E-state index contributed by atoms with van der Waals surface area (Å²) in [5, 5.41) is 28.7. The Balaban J connectivity index is 1.14. The molecular weight excluding hydrogens is 481 g/mol. The van der Waals surface area contributed by atoms with Crippen molar-refractivity contribution in [3.63, 3.8) is 0 Å². The molecule has 1 saturated carbocycles. The minimum Gasteiger partial charge on any atom is -0.355 e. The van der Waals surface area contributed by atoms with Gasteiger partial charge in [-0.05, 0) is 48.7 Å². The number of anilines is 2. The quantitative estimate of drug-likeness (QED) is 0.540. The largest absolute Gasteiger partial charge is 0.355 e. The Morgan fingerprint density at radius 1 is 0.972 bits per heavy atom. The fourth-order valence-corrected chi connectivity index (χ4v) is 6.02. The van der Waals surface area contributed by atoms with Gasteiger partial charge in [-0.15, -0.1) is 10.2 Å². The van der Waals surface area contributed by atoms with Crippen molar-refractivity contribution in [2.24, 2.45) is 5.41 Å². The van der Waals surface area contributed by atoms with Crippen LogP contribution in [0.2, 0.25) is 5.02 Å². The summed E-state index contributed by atoms with van der Waals surface area (Å²) in [5.41, 5.74) is 1.56. The van der Waals surface area contributed by atoms with E-state index in [0.29, 0.717) is 23.9 Å². The van der Waals surface area contributed by atoms with E-state index in [2.05, 4.69) is 40.5 Å². The normalized spacial score (nSPS) is 20.9. The Morgan fingerprint density at radius 2 is 1.75 bits per heavy atom. The predicted molar refractivity (Wildman–Crippen MR) is 129 cm³/mol. The number of hydrogen-bond donors (Lipinski definition) is 0. The first-order chi connectivity index (χ1) is 17.4. The van der Waals surface area contributed by atoms with Crippen LogP contribution in [0.5, 0.6) is 0 Å². The van der Waals surface area contributed by atoms with Crippen LogP contribution in [0.1, 0.15) is 29.9 Å². The third-order valence-electron chi connectivity index (χ3n) is 7.88. The molecule has 3 aromatic rings. The maximum atomic E-state index is 13.6. The number of nitriles is 2. The Morgan fingerprint density at radius 3 is 2.47 bits per heavy atom. The van der Waals surface area contributed by atoms with Crippen LogP contribution in [-0.4, -0.2) is 56.4 Å². The van der Waals surface area contributed by atoms with Crippen LogP contribution in [0.25, 0.3) is 5.69 Å². The minimum atomic E-state index is -0.596. The maximum absolute atomic E-state index is 13.6. The summed E-state index contributed by atoms with van der Waals surface area (Å²) in [6.45, 7) is 4.42. The zero-order valence-electron chi connectivity index (χ0n) is 19.3. The molecule has 0 atom stereocenters. The van der Waals surface area contributed by atoms with Crippen molar-refractivity contribution >= 4 is 23.4 Å². The zero-order valence-corrected chi connectivity index (χ0v) is 20.1. The number of nitrogens with zero attached hydrogens (tertiary/aromatic N) is 9. The van der Waals surface area contributed by atoms with E-state index in [1.807, 2.05) is 24.3 Å². The van der Waals surface area contributed by atoms with Gasteiger partial charge in [0.1, 0.15) is 17.4 Å². The molecule has 1 aliphatic carbocycles. The van der Waals surface area contributed by atoms with E-state index in [9.17, 15) is 9.65 Å². The van der Waals surface area contributed by atoms with Crippen molar-refractivity contribution < 1.29 is 4.39 Å². The molecule has 1 spiro atoms. The summed E-state index contributed by atoms with van der Waals surface area (Å²) in [6.07, 6.45) is 1.73. The second kappa shape index (κ2) is 7.39. The van der Waals surface area contributed by atoms with E-state index in [1.54, 1.807) is 6.07 Å². The van der Waals surface area contributed by atoms with Gasteiger partial charge in [-0.25, -0.2) is 9.37 Å². The van der Waals surface area contributed by atoms with Gasteiger partial charge in [0, 0.05) is 43.2 Å². The summed E-state index contributed by atoms with van der Waals surface area (Å²) in [4.78, 5) is 10.7. The van der Waals surface area contributed by atoms with E-state index in [4.69, 9.17) is 16.9 Å². The second-order valence-electron chi connectivity index (χ2n) is 10.3. The van der Waals surface area contributed by atoms with Gasteiger partial charge in [0.15, 0.2) is 17.3 Å². The Labute approximate surface area is 211 Å². The summed E-state index contributed by atoms with van der Waals surface area (Å²) >= 11 is 6.36. The number of fused-ring (bicyclic) bond motifs is 3. The maximum Gasteiger partial charge on any atom is 0.231 e. The lowest BCUT2D eigenvalue weighted by Gasteiger charge is -2.60. The molecule has 7 rings (SSSR count). The smallest absolute Gasteiger partial charge is 0.231 e. The molecule has 3 fully saturated rings. The molecular formula is C25H21ClFN9. The number of hydrogen-bond acceptors (Lipinski definition) is 8. The van der Waals surface area contributed by atoms with Gasteiger partial charge < -0.3 is 9.80 Å². The zero-order chi connectivity index (χ0) is 24.7. The number of benzene rings is 1. The molecule has 1 aromatic carbocycles. The second-order valence-corrected chi connectivity index (χ2v) is 10.8. The minimum absolute atomic E-state index is 0.105. The third kappa shape index (κ3) is 3.11. The third-order valence-corrected chi connectivity index (χ3v) is 8.11. The van der Waals surface area contributed by atoms with Crippen molar-refractivity contribution in [2.75, 3.05) is 36.0 Å². The first-order valence-electron chi connectivity index (χ1n) is 11.9. The molecule has 0 amide bonds. The van der Waals surface area contributed by atoms with Crippen molar-refractivity contribution in [3.8, 4) is 17.8 Å². The Kier molecular flexibility index (Phi) is 4.42. The van der Waals surface area contributed by atoms with Gasteiger partial charge in [-0.1, -0.05) is 11.6 Å². The molecule has 2 aromatic heterocycles. The van der Waals surface area contributed by atoms with Gasteiger partial charge in [0.2, 0.25) is 5.95 Å². The first kappa shape index (κ1) is 21.5. The average molecular weight is 502 g/mol. The number of rotatable bonds is 3. The molecule has 2 saturated heterocycles. The van der Waals surface area contributed by atoms with Gasteiger partial charge in [0.05, 0.1) is 18.3 Å². The molecule has 3 aliphatic heterocycles. The van der Waals surface area contributed by atoms with E-state index in [-0.39, 0.29) is 11.1 Å². The van der Waals surface area contributed by atoms with E-state index in [1.165, 1.54) is 6.07 Å². The highest BCUT2D eigenvalue weighted by atomic mass is 35.5. The molecule has 0 radical (unpaired) electrons. The van der Waals surface area contributed by atoms with Crippen molar-refractivity contribution in [1.82, 2.24) is 24.6 Å². The van der Waals surface area contributed by atoms with Crippen molar-refractivity contribution in [2.45, 2.75) is 31.5 Å². The average Bonchev–Trinajstić information content (AvgIpc) is 3.56. The summed E-state index contributed by atoms with van der Waals surface area (Å²) < 4.78 is 15.8. The van der Waals surface area contributed by atoms with Crippen LogP contribution in [0.15, 0.2) is 30.3 Å². The van der Waals surface area contributed by atoms with Gasteiger partial charge >= 0.3 is 0 Å². The first-order valence-corrected chi connectivity index (χ1v) is 12.3. The van der Waals surface area contributed by atoms with Crippen LogP contribution >= 0.6 is 11.6 Å². The summed E-state index contributed by atoms with van der Waals surface area (Å²) in [6, 6.07) is 13.1. The molecule has 180 valence electrons.